The standard InChI is InChI=1S/C21H27N3O3/c1-6-16-13(3)19(25)10-9-17(16)20-23-24-21(27-20)22-14(4)18-11-15(26-5)8-7-12(18)2/h8-12,14,25H,6-7H2,1-5H3,(H,22,24). The fraction of sp³-hybridized carbons (Fsp3) is 0.429. The van der Waals surface area contributed by atoms with Gasteiger partial charge in [-0.25, -0.2) is 0 Å². The summed E-state index contributed by atoms with van der Waals surface area (Å²) in [4.78, 5) is 0. The first-order valence-electron chi connectivity index (χ1n) is 9.32. The van der Waals surface area contributed by atoms with Crippen LogP contribution in [-0.4, -0.2) is 28.5 Å². The Balaban J connectivity index is 1.82. The molecule has 144 valence electrons. The van der Waals surface area contributed by atoms with Gasteiger partial charge in [0.2, 0.25) is 5.89 Å². The average molecular weight is 369 g/mol. The molecule has 6 nitrogen and oxygen atoms in total. The number of allylic oxidation sites excluding steroid dienone is 2. The van der Waals surface area contributed by atoms with Crippen molar-refractivity contribution in [1.29, 1.82) is 0 Å². The van der Waals surface area contributed by atoms with Crippen LogP contribution in [0.25, 0.3) is 11.5 Å². The average Bonchev–Trinajstić information content (AvgIpc) is 3.12. The number of hydrogen-bond donors (Lipinski definition) is 2. The molecule has 1 aromatic carbocycles. The van der Waals surface area contributed by atoms with Crippen LogP contribution in [0.5, 0.6) is 5.75 Å². The highest BCUT2D eigenvalue weighted by molar-refractivity contribution is 5.63. The summed E-state index contributed by atoms with van der Waals surface area (Å²) < 4.78 is 11.2. The van der Waals surface area contributed by atoms with E-state index in [1.54, 1.807) is 13.2 Å². The lowest BCUT2D eigenvalue weighted by atomic mass is 9.88. The van der Waals surface area contributed by atoms with Crippen LogP contribution in [-0.2, 0) is 11.2 Å². The summed E-state index contributed by atoms with van der Waals surface area (Å²) in [5, 5.41) is 21.6. The minimum absolute atomic E-state index is 0.0411. The highest BCUT2D eigenvalue weighted by Gasteiger charge is 2.22. The second kappa shape index (κ2) is 7.86. The van der Waals surface area contributed by atoms with Gasteiger partial charge in [0.1, 0.15) is 11.5 Å². The molecule has 2 N–H and O–H groups in total. The Morgan fingerprint density at radius 2 is 2.15 bits per heavy atom. The Morgan fingerprint density at radius 1 is 1.37 bits per heavy atom. The molecular formula is C21H27N3O3. The molecule has 0 aliphatic heterocycles. The highest BCUT2D eigenvalue weighted by Crippen LogP contribution is 2.32. The molecule has 1 aliphatic carbocycles. The van der Waals surface area contributed by atoms with Crippen molar-refractivity contribution in [3.05, 3.63) is 46.7 Å². The topological polar surface area (TPSA) is 80.4 Å². The number of hydrogen-bond acceptors (Lipinski definition) is 6. The van der Waals surface area contributed by atoms with Crippen LogP contribution in [0.3, 0.4) is 0 Å². The predicted octanol–water partition coefficient (Wildman–Crippen LogP) is 4.61. The predicted molar refractivity (Wildman–Crippen MR) is 106 cm³/mol. The van der Waals surface area contributed by atoms with E-state index in [-0.39, 0.29) is 11.8 Å². The van der Waals surface area contributed by atoms with E-state index in [1.165, 1.54) is 5.57 Å². The molecule has 0 saturated heterocycles. The van der Waals surface area contributed by atoms with Crippen LogP contribution >= 0.6 is 0 Å². The second-order valence-electron chi connectivity index (χ2n) is 6.96. The summed E-state index contributed by atoms with van der Waals surface area (Å²) in [7, 11) is 1.68. The molecular weight excluding hydrogens is 342 g/mol. The number of nitrogens with one attached hydrogen (secondary N) is 1. The largest absolute Gasteiger partial charge is 0.508 e. The van der Waals surface area contributed by atoms with E-state index in [0.717, 1.165) is 35.3 Å². The Morgan fingerprint density at radius 3 is 2.85 bits per heavy atom. The normalized spacial score (nSPS) is 17.9. The molecule has 1 aromatic heterocycles. The minimum atomic E-state index is 0.0411. The fourth-order valence-electron chi connectivity index (χ4n) is 3.55. The van der Waals surface area contributed by atoms with Gasteiger partial charge in [-0.2, -0.15) is 0 Å². The molecule has 3 rings (SSSR count). The number of nitrogens with zero attached hydrogens (tertiary/aromatic N) is 2. The van der Waals surface area contributed by atoms with Crippen LogP contribution in [0.2, 0.25) is 0 Å². The van der Waals surface area contributed by atoms with Gasteiger partial charge in [0, 0.05) is 11.6 Å². The van der Waals surface area contributed by atoms with Crippen LogP contribution < -0.4 is 5.32 Å². The summed E-state index contributed by atoms with van der Waals surface area (Å²) in [5.74, 6) is 2.03. The maximum Gasteiger partial charge on any atom is 0.316 e. The number of methoxy groups -OCH3 is 1. The van der Waals surface area contributed by atoms with E-state index in [1.807, 2.05) is 19.9 Å². The number of phenols is 1. The smallest absolute Gasteiger partial charge is 0.316 e. The number of aromatic hydroxyl groups is 1. The number of benzene rings is 1. The van der Waals surface area contributed by atoms with Gasteiger partial charge in [-0.05, 0) is 73.6 Å². The lowest BCUT2D eigenvalue weighted by Gasteiger charge is -2.25. The van der Waals surface area contributed by atoms with E-state index in [9.17, 15) is 5.11 Å². The number of phenolic OH excluding ortho intramolecular Hbond substituents is 1. The van der Waals surface area contributed by atoms with Gasteiger partial charge >= 0.3 is 6.01 Å². The van der Waals surface area contributed by atoms with Gasteiger partial charge in [0.05, 0.1) is 7.11 Å². The Bertz CT molecular complexity index is 883. The molecule has 1 heterocycles. The number of anilines is 1. The fourth-order valence-corrected chi connectivity index (χ4v) is 3.55. The van der Waals surface area contributed by atoms with Crippen molar-refractivity contribution in [2.24, 2.45) is 5.92 Å². The molecule has 0 spiro atoms. The van der Waals surface area contributed by atoms with Gasteiger partial charge < -0.3 is 19.6 Å². The second-order valence-corrected chi connectivity index (χ2v) is 6.96. The van der Waals surface area contributed by atoms with E-state index in [2.05, 4.69) is 41.5 Å². The molecule has 6 heteroatoms. The summed E-state index contributed by atoms with van der Waals surface area (Å²) >= 11 is 0. The lowest BCUT2D eigenvalue weighted by Crippen LogP contribution is -2.24. The van der Waals surface area contributed by atoms with Crippen LogP contribution in [0.4, 0.5) is 6.01 Å². The van der Waals surface area contributed by atoms with Crippen LogP contribution in [0.15, 0.2) is 40.0 Å². The molecule has 2 unspecified atom stereocenters. The van der Waals surface area contributed by atoms with Crippen molar-refractivity contribution < 1.29 is 14.3 Å². The first kappa shape index (κ1) is 19.0. The molecule has 0 radical (unpaired) electrons. The first-order valence-corrected chi connectivity index (χ1v) is 9.32. The summed E-state index contributed by atoms with van der Waals surface area (Å²) in [6, 6.07) is 3.91. The molecule has 0 saturated carbocycles. The van der Waals surface area contributed by atoms with Crippen LogP contribution in [0, 0.1) is 12.8 Å². The third-order valence-corrected chi connectivity index (χ3v) is 5.21. The van der Waals surface area contributed by atoms with Crippen molar-refractivity contribution in [3.63, 3.8) is 0 Å². The van der Waals surface area contributed by atoms with Gasteiger partial charge in [-0.1, -0.05) is 18.9 Å². The maximum atomic E-state index is 9.94. The maximum absolute atomic E-state index is 9.94. The molecule has 0 fully saturated rings. The third kappa shape index (κ3) is 3.84. The Labute approximate surface area is 160 Å². The zero-order valence-corrected chi connectivity index (χ0v) is 16.5. The SMILES string of the molecule is CCc1c(-c2nnc(NC(C)C3=CC(OC)=CCC3C)o2)ccc(O)c1C. The minimum Gasteiger partial charge on any atom is -0.508 e. The van der Waals surface area contributed by atoms with E-state index in [0.29, 0.717) is 17.8 Å². The number of rotatable bonds is 6. The van der Waals surface area contributed by atoms with Crippen molar-refractivity contribution in [3.8, 4) is 17.2 Å². The highest BCUT2D eigenvalue weighted by atomic mass is 16.5. The third-order valence-electron chi connectivity index (χ3n) is 5.21. The molecule has 0 bridgehead atoms. The number of ether oxygens (including phenoxy) is 1. The number of aromatic nitrogens is 2. The zero-order valence-electron chi connectivity index (χ0n) is 16.5. The van der Waals surface area contributed by atoms with E-state index in [4.69, 9.17) is 9.15 Å². The molecule has 1 aliphatic rings. The summed E-state index contributed by atoms with van der Waals surface area (Å²) in [5.41, 5.74) is 3.95. The Hall–Kier alpha value is -2.76. The van der Waals surface area contributed by atoms with Gasteiger partial charge in [-0.15, -0.1) is 5.10 Å². The molecule has 27 heavy (non-hydrogen) atoms. The monoisotopic (exact) mass is 369 g/mol. The van der Waals surface area contributed by atoms with Crippen molar-refractivity contribution in [1.82, 2.24) is 10.2 Å². The van der Waals surface area contributed by atoms with Gasteiger partial charge in [-0.3, -0.25) is 0 Å². The Kier molecular flexibility index (Phi) is 5.54. The first-order chi connectivity index (χ1) is 12.9. The molecule has 2 atom stereocenters. The van der Waals surface area contributed by atoms with Gasteiger partial charge in [0.25, 0.3) is 0 Å². The molecule has 2 aromatic rings. The van der Waals surface area contributed by atoms with E-state index >= 15 is 0 Å². The summed E-state index contributed by atoms with van der Waals surface area (Å²) in [6.07, 6.45) is 5.89. The quantitative estimate of drug-likeness (QED) is 0.774. The van der Waals surface area contributed by atoms with Crippen molar-refractivity contribution in [2.45, 2.75) is 46.6 Å². The lowest BCUT2D eigenvalue weighted by molar-refractivity contribution is 0.300. The zero-order chi connectivity index (χ0) is 19.6. The van der Waals surface area contributed by atoms with Crippen molar-refractivity contribution in [2.75, 3.05) is 12.4 Å². The van der Waals surface area contributed by atoms with Crippen LogP contribution in [0.1, 0.15) is 38.3 Å². The van der Waals surface area contributed by atoms with Crippen molar-refractivity contribution >= 4 is 6.01 Å². The van der Waals surface area contributed by atoms with E-state index < -0.39 is 0 Å². The van der Waals surface area contributed by atoms with Gasteiger partial charge in [0.15, 0.2) is 0 Å². The summed E-state index contributed by atoms with van der Waals surface area (Å²) in [6.45, 7) is 8.21. The molecule has 0 amide bonds.